The van der Waals surface area contributed by atoms with Gasteiger partial charge in [-0.25, -0.2) is 11.6 Å². The molecule has 0 aromatic rings. The summed E-state index contributed by atoms with van der Waals surface area (Å²) in [6.07, 6.45) is 8.84. The zero-order chi connectivity index (χ0) is 8.53. The molecule has 0 heterocycles. The second-order valence-electron chi connectivity index (χ2n) is 1.76. The molecule has 0 aliphatic carbocycles. The van der Waals surface area contributed by atoms with Gasteiger partial charge in [-0.15, -0.1) is 12.3 Å². The quantitative estimate of drug-likeness (QED) is 0.312. The molecule has 0 atom stereocenters. The molecule has 0 amide bonds. The van der Waals surface area contributed by atoms with Crippen LogP contribution in [0.2, 0.25) is 0 Å². The van der Waals surface area contributed by atoms with Crippen LogP contribution >= 0.6 is 0 Å². The van der Waals surface area contributed by atoms with Crippen LogP contribution in [-0.2, 0) is 37.5 Å². The second-order valence-corrected chi connectivity index (χ2v) is 1.76. The number of hydrogen-bond acceptors (Lipinski definition) is 2. The van der Waals surface area contributed by atoms with Crippen molar-refractivity contribution in [2.24, 2.45) is 0 Å². The number of allylic oxidation sites excluding steroid dienone is 5. The summed E-state index contributed by atoms with van der Waals surface area (Å²) < 4.78 is 0. The fourth-order valence-electron chi connectivity index (χ4n) is 0.450. The number of rotatable bonds is 4. The SMILES string of the molecule is [CH2-]CC([C-]=O)=CC=C/C=C\[O-].[Y]. The van der Waals surface area contributed by atoms with E-state index in [9.17, 15) is 9.90 Å². The summed E-state index contributed by atoms with van der Waals surface area (Å²) in [6, 6.07) is 0. The largest absolute Gasteiger partial charge is 0.878 e. The normalized spacial score (nSPS) is 11.9. The van der Waals surface area contributed by atoms with Gasteiger partial charge in [-0.3, -0.25) is 0 Å². The Bertz CT molecular complexity index is 193. The van der Waals surface area contributed by atoms with Gasteiger partial charge in [0.2, 0.25) is 0 Å². The van der Waals surface area contributed by atoms with Crippen LogP contribution in [0.5, 0.6) is 0 Å². The Morgan fingerprint density at radius 1 is 1.42 bits per heavy atom. The van der Waals surface area contributed by atoms with E-state index in [0.717, 1.165) is 0 Å². The monoisotopic (exact) mass is 238 g/mol. The molecule has 0 spiro atoms. The zero-order valence-corrected chi connectivity index (χ0v) is 9.53. The predicted molar refractivity (Wildman–Crippen MR) is 42.0 cm³/mol. The van der Waals surface area contributed by atoms with E-state index in [2.05, 4.69) is 6.92 Å². The third kappa shape index (κ3) is 7.90. The van der Waals surface area contributed by atoms with Crippen LogP contribution in [0.15, 0.2) is 36.1 Å². The molecule has 0 aliphatic heterocycles. The molecule has 0 saturated heterocycles. The number of carbonyl (C=O) groups excluding carboxylic acids is 1. The first-order valence-electron chi connectivity index (χ1n) is 3.17. The first kappa shape index (κ1) is 14.3. The van der Waals surface area contributed by atoms with Gasteiger partial charge < -0.3 is 16.8 Å². The van der Waals surface area contributed by atoms with Crippen LogP contribution in [0.1, 0.15) is 6.42 Å². The summed E-state index contributed by atoms with van der Waals surface area (Å²) in [7, 11) is 0. The minimum absolute atomic E-state index is 0. The second kappa shape index (κ2) is 10.8. The Morgan fingerprint density at radius 3 is 2.50 bits per heavy atom. The van der Waals surface area contributed by atoms with E-state index in [1.54, 1.807) is 24.5 Å². The van der Waals surface area contributed by atoms with Crippen molar-refractivity contribution in [3.8, 4) is 0 Å². The molecule has 2 nitrogen and oxygen atoms in total. The molecule has 63 valence electrons. The van der Waals surface area contributed by atoms with Crippen molar-refractivity contribution in [1.29, 1.82) is 0 Å². The Kier molecular flexibility index (Phi) is 12.9. The molecule has 3 heteroatoms. The molecule has 0 rings (SSSR count). The van der Waals surface area contributed by atoms with Gasteiger partial charge in [0.1, 0.15) is 0 Å². The first-order chi connectivity index (χ1) is 5.35. The standard InChI is InChI=1S/C9H10O2.Y/c1-2-9(8-11)6-4-3-5-7-10;/h3-7,10H,1-2H2;/q-2;/p-1/b4-3?,7-5-,9-6?;. The molecule has 0 bridgehead atoms. The van der Waals surface area contributed by atoms with Crippen molar-refractivity contribution in [1.82, 2.24) is 0 Å². The van der Waals surface area contributed by atoms with E-state index in [1.807, 2.05) is 0 Å². The van der Waals surface area contributed by atoms with E-state index in [4.69, 9.17) is 0 Å². The van der Waals surface area contributed by atoms with E-state index in [0.29, 0.717) is 18.3 Å². The predicted octanol–water partition coefficient (Wildman–Crippen LogP) is 0.674. The summed E-state index contributed by atoms with van der Waals surface area (Å²) in [5.74, 6) is 0. The van der Waals surface area contributed by atoms with Gasteiger partial charge in [0, 0.05) is 32.7 Å². The van der Waals surface area contributed by atoms with Crippen molar-refractivity contribution < 1.29 is 42.6 Å². The molecule has 12 heavy (non-hydrogen) atoms. The van der Waals surface area contributed by atoms with Crippen molar-refractivity contribution in [2.45, 2.75) is 6.42 Å². The topological polar surface area (TPSA) is 40.1 Å². The van der Waals surface area contributed by atoms with E-state index < -0.39 is 0 Å². The molecular formula is C9H9O2Y-3. The van der Waals surface area contributed by atoms with Crippen molar-refractivity contribution in [3.05, 3.63) is 43.1 Å². The van der Waals surface area contributed by atoms with Gasteiger partial charge in [0.15, 0.2) is 0 Å². The maximum atomic E-state index is 10.1. The average molecular weight is 238 g/mol. The van der Waals surface area contributed by atoms with Crippen molar-refractivity contribution in [3.63, 3.8) is 0 Å². The van der Waals surface area contributed by atoms with Gasteiger partial charge >= 0.3 is 0 Å². The molecule has 0 aromatic heterocycles. The van der Waals surface area contributed by atoms with Gasteiger partial charge in [-0.2, -0.15) is 6.42 Å². The fraction of sp³-hybridized carbons (Fsp3) is 0.111. The van der Waals surface area contributed by atoms with E-state index in [1.165, 1.54) is 6.08 Å². The van der Waals surface area contributed by atoms with Crippen molar-refractivity contribution in [2.75, 3.05) is 0 Å². The van der Waals surface area contributed by atoms with Gasteiger partial charge in [-0.1, -0.05) is 12.2 Å². The molecule has 0 aliphatic rings. The Morgan fingerprint density at radius 2 is 2.08 bits per heavy atom. The summed E-state index contributed by atoms with van der Waals surface area (Å²) in [5.41, 5.74) is 0.487. The minimum Gasteiger partial charge on any atom is -0.878 e. The van der Waals surface area contributed by atoms with Crippen LogP contribution in [0.3, 0.4) is 0 Å². The van der Waals surface area contributed by atoms with Crippen LogP contribution in [0, 0.1) is 6.92 Å². The van der Waals surface area contributed by atoms with Crippen LogP contribution in [-0.4, -0.2) is 6.29 Å². The zero-order valence-electron chi connectivity index (χ0n) is 6.69. The Hall–Kier alpha value is -0.206. The molecular weight excluding hydrogens is 229 g/mol. The van der Waals surface area contributed by atoms with Gasteiger partial charge in [0.05, 0.1) is 0 Å². The van der Waals surface area contributed by atoms with Crippen molar-refractivity contribution >= 4 is 6.29 Å². The first-order valence-corrected chi connectivity index (χ1v) is 3.17. The molecule has 1 radical (unpaired) electrons. The van der Waals surface area contributed by atoms with Crippen LogP contribution < -0.4 is 5.11 Å². The Labute approximate surface area is 97.9 Å². The van der Waals surface area contributed by atoms with Crippen LogP contribution in [0.25, 0.3) is 0 Å². The molecule has 0 saturated carbocycles. The average Bonchev–Trinajstić information content (AvgIpc) is 2.05. The minimum atomic E-state index is 0. The summed E-state index contributed by atoms with van der Waals surface area (Å²) in [5, 5.41) is 9.77. The van der Waals surface area contributed by atoms with Gasteiger partial charge in [0.25, 0.3) is 0 Å². The molecule has 0 fully saturated rings. The Balaban J connectivity index is 0. The van der Waals surface area contributed by atoms with E-state index >= 15 is 0 Å². The number of hydrogen-bond donors (Lipinski definition) is 0. The van der Waals surface area contributed by atoms with Gasteiger partial charge in [-0.05, 0) is 6.29 Å². The smallest absolute Gasteiger partial charge is 0 e. The third-order valence-corrected chi connectivity index (χ3v) is 0.999. The van der Waals surface area contributed by atoms with E-state index in [-0.39, 0.29) is 32.7 Å². The summed E-state index contributed by atoms with van der Waals surface area (Å²) in [4.78, 5) is 10.1. The summed E-state index contributed by atoms with van der Waals surface area (Å²) >= 11 is 0. The summed E-state index contributed by atoms with van der Waals surface area (Å²) in [6.45, 7) is 3.51. The maximum Gasteiger partial charge on any atom is 0 e. The molecule has 0 aromatic carbocycles. The van der Waals surface area contributed by atoms with Crippen LogP contribution in [0.4, 0.5) is 0 Å². The molecule has 0 unspecified atom stereocenters. The molecule has 0 N–H and O–H groups in total. The third-order valence-electron chi connectivity index (χ3n) is 0.999. The maximum absolute atomic E-state index is 10.1. The fourth-order valence-corrected chi connectivity index (χ4v) is 0.450.